The number of thiophene rings is 1. The lowest BCUT2D eigenvalue weighted by atomic mass is 10.2. The number of sulfonamides is 1. The largest absolute Gasteiger partial charge is 0.481 e. The molecular weight excluding hydrogens is 314 g/mol. The van der Waals surface area contributed by atoms with Crippen LogP contribution in [-0.2, 0) is 27.7 Å². The number of hydrogen-bond acceptors (Lipinski definition) is 5. The van der Waals surface area contributed by atoms with Gasteiger partial charge in [0.1, 0.15) is 9.97 Å². The second-order valence-electron chi connectivity index (χ2n) is 4.60. The molecule has 21 heavy (non-hydrogen) atoms. The van der Waals surface area contributed by atoms with Crippen LogP contribution < -0.4 is 4.72 Å². The highest BCUT2D eigenvalue weighted by Crippen LogP contribution is 2.22. The minimum absolute atomic E-state index is 0.116. The number of carboxylic acid groups (broad SMARTS) is 1. The average molecular weight is 329 g/mol. The molecule has 0 bridgehead atoms. The van der Waals surface area contributed by atoms with Gasteiger partial charge in [0.05, 0.1) is 12.7 Å². The van der Waals surface area contributed by atoms with Crippen molar-refractivity contribution in [2.24, 2.45) is 0 Å². The second kappa shape index (κ2) is 6.42. The van der Waals surface area contributed by atoms with Gasteiger partial charge in [-0.2, -0.15) is 0 Å². The van der Waals surface area contributed by atoms with Gasteiger partial charge in [-0.3, -0.25) is 4.79 Å². The first-order valence-corrected chi connectivity index (χ1v) is 8.52. The van der Waals surface area contributed by atoms with E-state index in [1.807, 2.05) is 0 Å². The zero-order valence-electron chi connectivity index (χ0n) is 11.3. The van der Waals surface area contributed by atoms with Gasteiger partial charge in [0, 0.05) is 17.3 Å². The highest BCUT2D eigenvalue weighted by molar-refractivity contribution is 7.91. The summed E-state index contributed by atoms with van der Waals surface area (Å²) in [7, 11) is -3.64. The Kier molecular flexibility index (Phi) is 4.81. The number of nitrogens with one attached hydrogen (secondary N) is 1. The molecule has 0 saturated carbocycles. The van der Waals surface area contributed by atoms with Crippen LogP contribution in [-0.4, -0.2) is 25.5 Å². The SMILES string of the molecule is CC(Cc1ccco1)NS(=O)(=O)c1ccc(CC(=O)O)s1. The van der Waals surface area contributed by atoms with Crippen LogP contribution in [0.4, 0.5) is 0 Å². The summed E-state index contributed by atoms with van der Waals surface area (Å²) in [6.07, 6.45) is 1.80. The normalized spacial score (nSPS) is 13.2. The summed E-state index contributed by atoms with van der Waals surface area (Å²) in [5.74, 6) is -0.289. The quantitative estimate of drug-likeness (QED) is 0.808. The van der Waals surface area contributed by atoms with Gasteiger partial charge in [0.15, 0.2) is 0 Å². The summed E-state index contributed by atoms with van der Waals surface area (Å²) in [4.78, 5) is 11.1. The number of hydrogen-bond donors (Lipinski definition) is 2. The Bertz CT molecular complexity index is 703. The summed E-state index contributed by atoms with van der Waals surface area (Å²) in [5.41, 5.74) is 0. The van der Waals surface area contributed by atoms with Gasteiger partial charge >= 0.3 is 5.97 Å². The van der Waals surface area contributed by atoms with E-state index in [0.717, 1.165) is 11.3 Å². The molecule has 8 heteroatoms. The Morgan fingerprint density at radius 3 is 2.81 bits per heavy atom. The van der Waals surface area contributed by atoms with Crippen LogP contribution in [0, 0.1) is 0 Å². The van der Waals surface area contributed by atoms with E-state index < -0.39 is 16.0 Å². The Morgan fingerprint density at radius 1 is 1.43 bits per heavy atom. The van der Waals surface area contributed by atoms with Crippen LogP contribution >= 0.6 is 11.3 Å². The van der Waals surface area contributed by atoms with Crippen LogP contribution in [0.5, 0.6) is 0 Å². The van der Waals surface area contributed by atoms with Crippen molar-refractivity contribution in [2.75, 3.05) is 0 Å². The number of carboxylic acids is 1. The molecule has 1 unspecified atom stereocenters. The molecule has 2 rings (SSSR count). The molecule has 0 aliphatic heterocycles. The number of rotatable bonds is 7. The maximum Gasteiger partial charge on any atom is 0.308 e. The fraction of sp³-hybridized carbons (Fsp3) is 0.308. The van der Waals surface area contributed by atoms with Gasteiger partial charge in [0.25, 0.3) is 0 Å². The highest BCUT2D eigenvalue weighted by Gasteiger charge is 2.20. The Hall–Kier alpha value is -1.64. The number of aliphatic carboxylic acids is 1. The summed E-state index contributed by atoms with van der Waals surface area (Å²) in [6, 6.07) is 6.14. The third kappa shape index (κ3) is 4.42. The molecule has 0 aliphatic rings. The zero-order chi connectivity index (χ0) is 15.5. The predicted octanol–water partition coefficient (Wildman–Crippen LogP) is 1.88. The molecule has 0 spiro atoms. The molecular formula is C13H15NO5S2. The number of carbonyl (C=O) groups is 1. The van der Waals surface area contributed by atoms with E-state index in [9.17, 15) is 13.2 Å². The molecule has 0 amide bonds. The minimum Gasteiger partial charge on any atom is -0.481 e. The zero-order valence-corrected chi connectivity index (χ0v) is 12.9. The van der Waals surface area contributed by atoms with Crippen molar-refractivity contribution < 1.29 is 22.7 Å². The number of furan rings is 1. The van der Waals surface area contributed by atoms with Crippen molar-refractivity contribution >= 4 is 27.3 Å². The first kappa shape index (κ1) is 15.7. The lowest BCUT2D eigenvalue weighted by Crippen LogP contribution is -2.33. The van der Waals surface area contributed by atoms with E-state index in [4.69, 9.17) is 9.52 Å². The van der Waals surface area contributed by atoms with Crippen LogP contribution in [0.2, 0.25) is 0 Å². The molecule has 114 valence electrons. The van der Waals surface area contributed by atoms with Crippen LogP contribution in [0.3, 0.4) is 0 Å². The van der Waals surface area contributed by atoms with Crippen molar-refractivity contribution in [1.29, 1.82) is 0 Å². The maximum absolute atomic E-state index is 12.2. The fourth-order valence-corrected chi connectivity index (χ4v) is 4.45. The van der Waals surface area contributed by atoms with E-state index in [2.05, 4.69) is 4.72 Å². The molecule has 0 aliphatic carbocycles. The van der Waals surface area contributed by atoms with Gasteiger partial charge in [-0.25, -0.2) is 13.1 Å². The molecule has 1 atom stereocenters. The first-order valence-electron chi connectivity index (χ1n) is 6.22. The van der Waals surface area contributed by atoms with Gasteiger partial charge in [-0.1, -0.05) is 0 Å². The summed E-state index contributed by atoms with van der Waals surface area (Å²) < 4.78 is 32.2. The monoisotopic (exact) mass is 329 g/mol. The predicted molar refractivity (Wildman–Crippen MR) is 77.9 cm³/mol. The second-order valence-corrected chi connectivity index (χ2v) is 7.71. The maximum atomic E-state index is 12.2. The van der Waals surface area contributed by atoms with Gasteiger partial charge in [-0.15, -0.1) is 11.3 Å². The molecule has 0 saturated heterocycles. The topological polar surface area (TPSA) is 96.6 Å². The smallest absolute Gasteiger partial charge is 0.308 e. The Balaban J connectivity index is 2.03. The molecule has 0 fully saturated rings. The van der Waals surface area contributed by atoms with E-state index >= 15 is 0 Å². The van der Waals surface area contributed by atoms with E-state index in [0.29, 0.717) is 17.1 Å². The van der Waals surface area contributed by atoms with Crippen LogP contribution in [0.15, 0.2) is 39.2 Å². The Morgan fingerprint density at radius 2 is 2.19 bits per heavy atom. The molecule has 2 aromatic heterocycles. The molecule has 0 aromatic carbocycles. The molecule has 2 heterocycles. The van der Waals surface area contributed by atoms with Crippen molar-refractivity contribution in [3.8, 4) is 0 Å². The summed E-state index contributed by atoms with van der Waals surface area (Å²) in [5, 5.41) is 8.70. The lowest BCUT2D eigenvalue weighted by molar-refractivity contribution is -0.136. The third-order valence-electron chi connectivity index (χ3n) is 2.67. The van der Waals surface area contributed by atoms with Crippen LogP contribution in [0.25, 0.3) is 0 Å². The first-order chi connectivity index (χ1) is 9.87. The van der Waals surface area contributed by atoms with Gasteiger partial charge < -0.3 is 9.52 Å². The van der Waals surface area contributed by atoms with Crippen molar-refractivity contribution in [3.05, 3.63) is 41.2 Å². The van der Waals surface area contributed by atoms with E-state index in [-0.39, 0.29) is 16.7 Å². The summed E-state index contributed by atoms with van der Waals surface area (Å²) in [6.45, 7) is 1.74. The fourth-order valence-electron chi connectivity index (χ4n) is 1.84. The average Bonchev–Trinajstić information content (AvgIpc) is 2.98. The lowest BCUT2D eigenvalue weighted by Gasteiger charge is -2.11. The molecule has 2 aromatic rings. The molecule has 6 nitrogen and oxygen atoms in total. The van der Waals surface area contributed by atoms with Gasteiger partial charge in [0.2, 0.25) is 10.0 Å². The van der Waals surface area contributed by atoms with E-state index in [1.165, 1.54) is 18.4 Å². The third-order valence-corrected chi connectivity index (χ3v) is 5.84. The van der Waals surface area contributed by atoms with Crippen LogP contribution in [0.1, 0.15) is 17.6 Å². The van der Waals surface area contributed by atoms with Crippen molar-refractivity contribution in [3.63, 3.8) is 0 Å². The Labute approximate surface area is 126 Å². The molecule has 2 N–H and O–H groups in total. The molecule has 0 radical (unpaired) electrons. The van der Waals surface area contributed by atoms with Crippen molar-refractivity contribution in [1.82, 2.24) is 4.72 Å². The van der Waals surface area contributed by atoms with Gasteiger partial charge in [-0.05, 0) is 31.2 Å². The van der Waals surface area contributed by atoms with E-state index in [1.54, 1.807) is 19.1 Å². The summed E-state index contributed by atoms with van der Waals surface area (Å²) >= 11 is 0.963. The van der Waals surface area contributed by atoms with Crippen molar-refractivity contribution in [2.45, 2.75) is 30.0 Å². The standard InChI is InChI=1S/C13H15NO5S2/c1-9(7-10-3-2-6-19-10)14-21(17,18)13-5-4-11(20-13)8-12(15)16/h2-6,9,14H,7-8H2,1H3,(H,15,16). The highest BCUT2D eigenvalue weighted by atomic mass is 32.2. The minimum atomic E-state index is -3.64.